The fraction of sp³-hybridized carbons (Fsp3) is 0.400. The van der Waals surface area contributed by atoms with Crippen LogP contribution in [0.4, 0.5) is 5.69 Å². The van der Waals surface area contributed by atoms with Gasteiger partial charge in [-0.3, -0.25) is 0 Å². The van der Waals surface area contributed by atoms with Crippen LogP contribution in [0.1, 0.15) is 20.8 Å². The van der Waals surface area contributed by atoms with Crippen molar-refractivity contribution < 1.29 is 0 Å². The number of hydrogen-bond acceptors (Lipinski definition) is 3. The van der Waals surface area contributed by atoms with Gasteiger partial charge < -0.3 is 5.73 Å². The highest BCUT2D eigenvalue weighted by molar-refractivity contribution is 8.00. The van der Waals surface area contributed by atoms with E-state index in [0.717, 1.165) is 10.6 Å². The van der Waals surface area contributed by atoms with Gasteiger partial charge in [-0.15, -0.1) is 11.8 Å². The maximum atomic E-state index is 5.73. The summed E-state index contributed by atoms with van der Waals surface area (Å²) in [6, 6.07) is 7.73. The largest absolute Gasteiger partial charge is 0.398 e. The summed E-state index contributed by atoms with van der Waals surface area (Å²) >= 11 is 7.04. The number of anilines is 1. The molecule has 0 radical (unpaired) electrons. The van der Waals surface area contributed by atoms with E-state index in [-0.39, 0.29) is 5.37 Å². The minimum absolute atomic E-state index is 0.163. The number of rotatable bonds is 3. The van der Waals surface area contributed by atoms with E-state index >= 15 is 0 Å². The molecule has 1 unspecified atom stereocenters. The van der Waals surface area contributed by atoms with E-state index < -0.39 is 0 Å². The van der Waals surface area contributed by atoms with Gasteiger partial charge in [-0.25, -0.2) is 4.84 Å². The van der Waals surface area contributed by atoms with Gasteiger partial charge in [0.15, 0.2) is 0 Å². The summed E-state index contributed by atoms with van der Waals surface area (Å²) in [5.74, 6) is 0. The van der Waals surface area contributed by atoms with Gasteiger partial charge in [-0.05, 0) is 30.8 Å². The molecule has 0 spiro atoms. The van der Waals surface area contributed by atoms with Crippen molar-refractivity contribution in [1.82, 2.24) is 4.84 Å². The molecule has 0 heterocycles. The average Bonchev–Trinajstić information content (AvgIpc) is 2.24. The second-order valence-corrected chi connectivity index (χ2v) is 4.01. The summed E-state index contributed by atoms with van der Waals surface area (Å²) in [4.78, 5) is 3.67. The van der Waals surface area contributed by atoms with Crippen LogP contribution in [0.25, 0.3) is 0 Å². The Hall–Kier alpha value is -0.380. The highest BCUT2D eigenvalue weighted by atomic mass is 35.5. The Morgan fingerprint density at radius 2 is 1.93 bits per heavy atom. The molecule has 4 heteroatoms. The molecule has 1 rings (SSSR count). The molecule has 2 nitrogen and oxygen atoms in total. The van der Waals surface area contributed by atoms with E-state index in [2.05, 4.69) is 4.84 Å². The van der Waals surface area contributed by atoms with Crippen molar-refractivity contribution >= 4 is 29.2 Å². The molecule has 0 aliphatic heterocycles. The van der Waals surface area contributed by atoms with Crippen molar-refractivity contribution in [2.75, 3.05) is 5.73 Å². The zero-order chi connectivity index (χ0) is 11.0. The lowest BCUT2D eigenvalue weighted by Gasteiger charge is -2.09. The first-order chi connectivity index (χ1) is 6.74. The normalized spacial score (nSPS) is 11.4. The minimum Gasteiger partial charge on any atom is -0.398 e. The Labute approximate surface area is 95.3 Å². The summed E-state index contributed by atoms with van der Waals surface area (Å²) in [6.07, 6.45) is 0. The van der Waals surface area contributed by atoms with Gasteiger partial charge in [0, 0.05) is 10.6 Å². The molecule has 0 fully saturated rings. The molecule has 1 atom stereocenters. The average molecular weight is 233 g/mol. The van der Waals surface area contributed by atoms with Crippen molar-refractivity contribution in [3.05, 3.63) is 24.3 Å². The SMILES string of the molecule is CC.CC(NCl)Sc1ccccc1N. The van der Waals surface area contributed by atoms with Crippen molar-refractivity contribution in [2.24, 2.45) is 0 Å². The standard InChI is InChI=1S/C8H11ClN2S.C2H6/c1-6(11-9)12-8-5-3-2-4-7(8)10;1-2/h2-6,11H,10H2,1H3;1-2H3. The Bertz CT molecular complexity index is 256. The van der Waals surface area contributed by atoms with E-state index in [1.54, 1.807) is 11.8 Å². The quantitative estimate of drug-likeness (QED) is 0.363. The number of nitrogens with two attached hydrogens (primary N) is 1. The Morgan fingerprint density at radius 1 is 1.36 bits per heavy atom. The van der Waals surface area contributed by atoms with E-state index in [4.69, 9.17) is 17.5 Å². The highest BCUT2D eigenvalue weighted by Gasteiger charge is 2.03. The number of nitrogen functional groups attached to an aromatic ring is 1. The van der Waals surface area contributed by atoms with Crippen LogP contribution in [-0.4, -0.2) is 5.37 Å². The molecular weight excluding hydrogens is 216 g/mol. The van der Waals surface area contributed by atoms with Gasteiger partial charge in [0.25, 0.3) is 0 Å². The number of thioether (sulfide) groups is 1. The van der Waals surface area contributed by atoms with Crippen LogP contribution >= 0.6 is 23.5 Å². The molecular formula is C10H17ClN2S. The maximum Gasteiger partial charge on any atom is 0.0693 e. The van der Waals surface area contributed by atoms with Gasteiger partial charge in [-0.1, -0.05) is 26.0 Å². The number of halogens is 1. The second-order valence-electron chi connectivity index (χ2n) is 2.41. The summed E-state index contributed by atoms with van der Waals surface area (Å²) in [7, 11) is 0. The van der Waals surface area contributed by atoms with Crippen LogP contribution in [0.2, 0.25) is 0 Å². The minimum atomic E-state index is 0.163. The van der Waals surface area contributed by atoms with Gasteiger partial charge in [-0.2, -0.15) is 0 Å². The van der Waals surface area contributed by atoms with Crippen LogP contribution in [0, 0.1) is 0 Å². The lowest BCUT2D eigenvalue weighted by molar-refractivity contribution is 0.943. The molecule has 0 aromatic heterocycles. The molecule has 0 amide bonds. The Kier molecular flexibility index (Phi) is 7.76. The maximum absolute atomic E-state index is 5.73. The molecule has 14 heavy (non-hydrogen) atoms. The first kappa shape index (κ1) is 13.6. The summed E-state index contributed by atoms with van der Waals surface area (Å²) in [5, 5.41) is 0.163. The molecule has 0 aliphatic carbocycles. The smallest absolute Gasteiger partial charge is 0.0693 e. The van der Waals surface area contributed by atoms with Crippen molar-refractivity contribution in [3.8, 4) is 0 Å². The molecule has 1 aromatic rings. The molecule has 3 N–H and O–H groups in total. The van der Waals surface area contributed by atoms with Gasteiger partial charge in [0.2, 0.25) is 0 Å². The van der Waals surface area contributed by atoms with Gasteiger partial charge in [0.1, 0.15) is 0 Å². The number of benzene rings is 1. The second kappa shape index (κ2) is 7.97. The van der Waals surface area contributed by atoms with Gasteiger partial charge >= 0.3 is 0 Å². The van der Waals surface area contributed by atoms with Crippen LogP contribution in [0.5, 0.6) is 0 Å². The molecule has 0 saturated heterocycles. The zero-order valence-corrected chi connectivity index (χ0v) is 10.3. The number of hydrogen-bond donors (Lipinski definition) is 2. The lowest BCUT2D eigenvalue weighted by Crippen LogP contribution is -2.10. The topological polar surface area (TPSA) is 38.0 Å². The fourth-order valence-corrected chi connectivity index (χ4v) is 1.72. The number of nitrogens with one attached hydrogen (secondary N) is 1. The molecule has 0 aliphatic rings. The first-order valence-corrected chi connectivity index (χ1v) is 5.87. The Balaban J connectivity index is 0.000000791. The van der Waals surface area contributed by atoms with E-state index in [1.807, 2.05) is 45.0 Å². The molecule has 1 aromatic carbocycles. The summed E-state index contributed by atoms with van der Waals surface area (Å²) in [6.45, 7) is 5.98. The third-order valence-electron chi connectivity index (χ3n) is 1.38. The van der Waals surface area contributed by atoms with Crippen LogP contribution < -0.4 is 10.6 Å². The van der Waals surface area contributed by atoms with Crippen LogP contribution in [0.15, 0.2) is 29.2 Å². The monoisotopic (exact) mass is 232 g/mol. The predicted octanol–water partition coefficient (Wildman–Crippen LogP) is 3.48. The third kappa shape index (κ3) is 4.74. The summed E-state index contributed by atoms with van der Waals surface area (Å²) < 4.78 is 0. The lowest BCUT2D eigenvalue weighted by atomic mass is 10.3. The van der Waals surface area contributed by atoms with Crippen LogP contribution in [-0.2, 0) is 0 Å². The third-order valence-corrected chi connectivity index (χ3v) is 2.93. The fourth-order valence-electron chi connectivity index (χ4n) is 0.801. The Morgan fingerprint density at radius 3 is 2.43 bits per heavy atom. The zero-order valence-electron chi connectivity index (χ0n) is 8.75. The molecule has 0 bridgehead atoms. The number of para-hydroxylation sites is 1. The molecule has 80 valence electrons. The van der Waals surface area contributed by atoms with Crippen molar-refractivity contribution in [2.45, 2.75) is 31.0 Å². The highest BCUT2D eigenvalue weighted by Crippen LogP contribution is 2.27. The van der Waals surface area contributed by atoms with E-state index in [1.165, 1.54) is 0 Å². The predicted molar refractivity (Wildman–Crippen MR) is 66.5 cm³/mol. The van der Waals surface area contributed by atoms with E-state index in [0.29, 0.717) is 0 Å². The van der Waals surface area contributed by atoms with Crippen molar-refractivity contribution in [3.63, 3.8) is 0 Å². The summed E-state index contributed by atoms with van der Waals surface area (Å²) in [5.41, 5.74) is 6.52. The van der Waals surface area contributed by atoms with Gasteiger partial charge in [0.05, 0.1) is 5.37 Å². The van der Waals surface area contributed by atoms with Crippen LogP contribution in [0.3, 0.4) is 0 Å². The first-order valence-electron chi connectivity index (χ1n) is 4.61. The molecule has 0 saturated carbocycles. The van der Waals surface area contributed by atoms with E-state index in [9.17, 15) is 0 Å². The van der Waals surface area contributed by atoms with Crippen molar-refractivity contribution in [1.29, 1.82) is 0 Å².